The molecule has 4 aromatic rings. The maximum atomic E-state index is 13.4. The lowest BCUT2D eigenvalue weighted by Gasteiger charge is -2.20. The van der Waals surface area contributed by atoms with Gasteiger partial charge in [0.15, 0.2) is 5.13 Å². The molecule has 158 valence electrons. The smallest absolute Gasteiger partial charge is 0.233 e. The number of hydrogen-bond donors (Lipinski definition) is 0. The third kappa shape index (κ3) is 4.78. The van der Waals surface area contributed by atoms with Crippen LogP contribution in [0.5, 0.6) is 0 Å². The van der Waals surface area contributed by atoms with Crippen LogP contribution in [0, 0.1) is 6.92 Å². The van der Waals surface area contributed by atoms with Crippen LogP contribution in [0.2, 0.25) is 5.02 Å². The van der Waals surface area contributed by atoms with Crippen molar-refractivity contribution in [1.82, 2.24) is 9.97 Å². The van der Waals surface area contributed by atoms with E-state index in [9.17, 15) is 4.79 Å². The summed E-state index contributed by atoms with van der Waals surface area (Å²) in [6, 6.07) is 15.9. The highest BCUT2D eigenvalue weighted by Gasteiger charge is 2.22. The second-order valence-corrected chi connectivity index (χ2v) is 9.34. The van der Waals surface area contributed by atoms with Crippen LogP contribution in [0.25, 0.3) is 10.2 Å². The van der Waals surface area contributed by atoms with Crippen LogP contribution >= 0.6 is 22.9 Å². The van der Waals surface area contributed by atoms with E-state index in [0.717, 1.165) is 26.9 Å². The lowest BCUT2D eigenvalue weighted by molar-refractivity contribution is -0.118. The lowest BCUT2D eigenvalue weighted by Crippen LogP contribution is -2.31. The summed E-state index contributed by atoms with van der Waals surface area (Å²) in [5.41, 5.74) is 5.09. The normalized spacial score (nSPS) is 11.3. The molecule has 0 spiro atoms. The van der Waals surface area contributed by atoms with Gasteiger partial charge in [0.2, 0.25) is 5.91 Å². The topological polar surface area (TPSA) is 46.1 Å². The number of carbonyl (C=O) groups is 1. The monoisotopic (exact) mass is 449 g/mol. The van der Waals surface area contributed by atoms with E-state index in [4.69, 9.17) is 16.6 Å². The number of fused-ring (bicyclic) bond motifs is 1. The van der Waals surface area contributed by atoms with E-state index in [1.54, 1.807) is 17.3 Å². The Labute approximate surface area is 191 Å². The number of hydrogen-bond acceptors (Lipinski definition) is 4. The molecular formula is C25H24ClN3OS. The first-order valence-corrected chi connectivity index (χ1v) is 11.5. The molecule has 0 aliphatic carbocycles. The van der Waals surface area contributed by atoms with E-state index in [1.165, 1.54) is 16.9 Å². The average molecular weight is 450 g/mol. The van der Waals surface area contributed by atoms with Crippen molar-refractivity contribution in [2.75, 3.05) is 4.90 Å². The predicted molar refractivity (Wildman–Crippen MR) is 129 cm³/mol. The molecule has 0 radical (unpaired) electrons. The second-order valence-electron chi connectivity index (χ2n) is 7.95. The zero-order valence-electron chi connectivity index (χ0n) is 17.8. The number of nitrogens with zero attached hydrogens (tertiary/aromatic N) is 3. The Bertz CT molecular complexity index is 1160. The minimum absolute atomic E-state index is 0.00557. The zero-order chi connectivity index (χ0) is 22.0. The van der Waals surface area contributed by atoms with Gasteiger partial charge in [-0.05, 0) is 47.2 Å². The van der Waals surface area contributed by atoms with Crippen molar-refractivity contribution < 1.29 is 4.79 Å². The molecule has 0 aliphatic heterocycles. The molecule has 0 fully saturated rings. The van der Waals surface area contributed by atoms with E-state index in [-0.39, 0.29) is 5.91 Å². The molecule has 4 nitrogen and oxygen atoms in total. The van der Waals surface area contributed by atoms with E-state index >= 15 is 0 Å². The lowest BCUT2D eigenvalue weighted by atomic mass is 10.0. The Morgan fingerprint density at radius 3 is 2.52 bits per heavy atom. The van der Waals surface area contributed by atoms with Gasteiger partial charge < -0.3 is 0 Å². The fraction of sp³-hybridized carbons (Fsp3) is 0.240. The minimum Gasteiger partial charge on any atom is -0.283 e. The molecule has 0 aliphatic rings. The molecule has 0 atom stereocenters. The third-order valence-corrected chi connectivity index (χ3v) is 6.82. The molecule has 2 aromatic carbocycles. The molecule has 6 heteroatoms. The van der Waals surface area contributed by atoms with Crippen LogP contribution in [-0.2, 0) is 17.8 Å². The Kier molecular flexibility index (Phi) is 6.35. The molecule has 2 aromatic heterocycles. The summed E-state index contributed by atoms with van der Waals surface area (Å²) in [5, 5.41) is 1.31. The fourth-order valence-electron chi connectivity index (χ4n) is 3.43. The summed E-state index contributed by atoms with van der Waals surface area (Å²) in [4.78, 5) is 24.2. The number of pyridine rings is 1. The highest BCUT2D eigenvalue weighted by atomic mass is 35.5. The van der Waals surface area contributed by atoms with Gasteiger partial charge in [-0.3, -0.25) is 14.7 Å². The number of aryl methyl sites for hydroxylation is 1. The Balaban J connectivity index is 1.68. The number of amides is 1. The summed E-state index contributed by atoms with van der Waals surface area (Å²) in [5.74, 6) is 0.455. The van der Waals surface area contributed by atoms with E-state index in [1.807, 2.05) is 43.3 Å². The van der Waals surface area contributed by atoms with Crippen LogP contribution in [0.1, 0.15) is 42.0 Å². The van der Waals surface area contributed by atoms with Crippen molar-refractivity contribution in [2.24, 2.45) is 0 Å². The van der Waals surface area contributed by atoms with Gasteiger partial charge in [-0.25, -0.2) is 4.98 Å². The summed E-state index contributed by atoms with van der Waals surface area (Å²) in [7, 11) is 0. The van der Waals surface area contributed by atoms with Crippen LogP contribution in [0.4, 0.5) is 5.13 Å². The van der Waals surface area contributed by atoms with Crippen LogP contribution in [0.15, 0.2) is 60.9 Å². The molecule has 1 amide bonds. The molecular weight excluding hydrogens is 426 g/mol. The van der Waals surface area contributed by atoms with Gasteiger partial charge in [-0.15, -0.1) is 0 Å². The van der Waals surface area contributed by atoms with Gasteiger partial charge in [0.25, 0.3) is 0 Å². The largest absolute Gasteiger partial charge is 0.283 e. The molecule has 0 saturated carbocycles. The van der Waals surface area contributed by atoms with E-state index in [0.29, 0.717) is 29.0 Å². The minimum atomic E-state index is -0.00557. The zero-order valence-corrected chi connectivity index (χ0v) is 19.4. The number of halogens is 1. The van der Waals surface area contributed by atoms with Crippen molar-refractivity contribution in [3.05, 3.63) is 88.2 Å². The molecule has 0 saturated heterocycles. The first-order chi connectivity index (χ1) is 14.9. The van der Waals surface area contributed by atoms with Gasteiger partial charge >= 0.3 is 0 Å². The van der Waals surface area contributed by atoms with E-state index in [2.05, 4.69) is 31.0 Å². The van der Waals surface area contributed by atoms with Crippen molar-refractivity contribution in [2.45, 2.75) is 39.7 Å². The highest BCUT2D eigenvalue weighted by molar-refractivity contribution is 7.23. The molecule has 2 heterocycles. The van der Waals surface area contributed by atoms with Crippen LogP contribution < -0.4 is 4.90 Å². The molecule has 0 bridgehead atoms. The quantitative estimate of drug-likeness (QED) is 0.335. The summed E-state index contributed by atoms with van der Waals surface area (Å²) in [6.07, 6.45) is 3.82. The molecule has 0 N–H and O–H groups in total. The Morgan fingerprint density at radius 1 is 1.10 bits per heavy atom. The van der Waals surface area contributed by atoms with Crippen molar-refractivity contribution in [3.63, 3.8) is 0 Å². The average Bonchev–Trinajstić information content (AvgIpc) is 3.22. The number of thiazole rings is 1. The number of anilines is 1. The van der Waals surface area contributed by atoms with Crippen molar-refractivity contribution in [1.29, 1.82) is 0 Å². The Morgan fingerprint density at radius 2 is 1.87 bits per heavy atom. The Hall–Kier alpha value is -2.76. The molecule has 4 rings (SSSR count). The predicted octanol–water partition coefficient (Wildman–Crippen LogP) is 6.55. The third-order valence-electron chi connectivity index (χ3n) is 5.28. The van der Waals surface area contributed by atoms with Gasteiger partial charge in [0.05, 0.1) is 28.2 Å². The van der Waals surface area contributed by atoms with Gasteiger partial charge in [0, 0.05) is 12.4 Å². The van der Waals surface area contributed by atoms with Crippen molar-refractivity contribution >= 4 is 44.2 Å². The number of benzene rings is 2. The van der Waals surface area contributed by atoms with Crippen LogP contribution in [0.3, 0.4) is 0 Å². The summed E-state index contributed by atoms with van der Waals surface area (Å²) in [6.45, 7) is 6.74. The number of rotatable bonds is 6. The summed E-state index contributed by atoms with van der Waals surface area (Å²) < 4.78 is 0.905. The van der Waals surface area contributed by atoms with E-state index < -0.39 is 0 Å². The first-order valence-electron chi connectivity index (χ1n) is 10.3. The van der Waals surface area contributed by atoms with Gasteiger partial charge in [0.1, 0.15) is 0 Å². The number of carbonyl (C=O) groups excluding carboxylic acids is 1. The highest BCUT2D eigenvalue weighted by Crippen LogP contribution is 2.36. The number of aromatic nitrogens is 2. The van der Waals surface area contributed by atoms with Gasteiger partial charge in [-0.2, -0.15) is 0 Å². The molecule has 0 unspecified atom stereocenters. The molecule has 31 heavy (non-hydrogen) atoms. The maximum absolute atomic E-state index is 13.4. The second kappa shape index (κ2) is 9.16. The summed E-state index contributed by atoms with van der Waals surface area (Å²) >= 11 is 7.87. The first kappa shape index (κ1) is 21.5. The maximum Gasteiger partial charge on any atom is 0.233 e. The van der Waals surface area contributed by atoms with Gasteiger partial charge in [-0.1, -0.05) is 73.2 Å². The SMILES string of the molecule is Cc1ccc(Cl)c2sc(N(Cc3cccnc3)C(=O)Cc3ccc(C(C)C)cc3)nc12. The van der Waals surface area contributed by atoms with Crippen LogP contribution in [-0.4, -0.2) is 15.9 Å². The fourth-order valence-corrected chi connectivity index (χ4v) is 4.77. The van der Waals surface area contributed by atoms with Crippen molar-refractivity contribution in [3.8, 4) is 0 Å². The standard InChI is InChI=1S/C25H24ClN3OS/c1-16(2)20-9-7-18(8-10-20)13-22(30)29(15-19-5-4-12-27-14-19)25-28-23-17(3)6-11-21(26)24(23)31-25/h4-12,14,16H,13,15H2,1-3H3.